The van der Waals surface area contributed by atoms with Gasteiger partial charge in [0.2, 0.25) is 24.8 Å². The van der Waals surface area contributed by atoms with Crippen molar-refractivity contribution in [1.29, 1.82) is 0 Å². The van der Waals surface area contributed by atoms with Crippen molar-refractivity contribution in [2.45, 2.75) is 0 Å². The van der Waals surface area contributed by atoms with Crippen molar-refractivity contribution in [2.75, 3.05) is 0 Å². The van der Waals surface area contributed by atoms with Gasteiger partial charge in [0.15, 0.2) is 0 Å². The molecule has 106 valence electrons. The number of hydrogen-bond acceptors (Lipinski definition) is 2. The molecule has 22 heavy (non-hydrogen) atoms. The Hall–Kier alpha value is -3.14. The number of nitrogens with zero attached hydrogens (tertiary/aromatic N) is 4. The highest BCUT2D eigenvalue weighted by molar-refractivity contribution is 5.83. The van der Waals surface area contributed by atoms with Gasteiger partial charge in [-0.05, 0) is 21.3 Å². The molecular weight excluding hydrogens is 272 g/mol. The zero-order valence-corrected chi connectivity index (χ0v) is 12.0. The van der Waals surface area contributed by atoms with Crippen molar-refractivity contribution in [3.63, 3.8) is 0 Å². The third-order valence-electron chi connectivity index (χ3n) is 3.02. The van der Waals surface area contributed by atoms with Crippen molar-refractivity contribution in [2.24, 2.45) is 10.2 Å². The molecule has 0 saturated heterocycles. The molecule has 4 heteroatoms. The van der Waals surface area contributed by atoms with E-state index in [2.05, 4.69) is 10.2 Å². The van der Waals surface area contributed by atoms with Gasteiger partial charge in [-0.15, -0.1) is 0 Å². The third-order valence-corrected chi connectivity index (χ3v) is 3.02. The first kappa shape index (κ1) is 13.8. The number of rotatable bonds is 4. The molecule has 0 spiro atoms. The van der Waals surface area contributed by atoms with Crippen LogP contribution in [0.3, 0.4) is 0 Å². The van der Waals surface area contributed by atoms with Gasteiger partial charge in [0.05, 0.1) is 0 Å². The second-order valence-corrected chi connectivity index (χ2v) is 4.67. The standard InChI is InChI=1S/C18H16N4/c1-3-11-21(12-4-1)19-15-17-7-9-18(10-8-17)16-20-22-13-5-2-6-14-22/h1-16H/q+2/b19-15+,20-16+. The van der Waals surface area contributed by atoms with Crippen LogP contribution in [0.1, 0.15) is 11.1 Å². The Kier molecular flexibility index (Phi) is 4.42. The molecule has 0 aliphatic rings. The molecule has 0 aliphatic carbocycles. The normalized spacial score (nSPS) is 11.3. The SMILES string of the molecule is C(=N\[n+]1ccccc1)/c1ccc(/C=N/[n+]2ccccc2)cc1. The lowest BCUT2D eigenvalue weighted by Gasteiger charge is -1.93. The van der Waals surface area contributed by atoms with E-state index in [-0.39, 0.29) is 0 Å². The molecule has 0 saturated carbocycles. The third kappa shape index (κ3) is 3.93. The smallest absolute Gasteiger partial charge is 0.0596 e. The van der Waals surface area contributed by atoms with Crippen LogP contribution in [0, 0.1) is 0 Å². The molecule has 0 bridgehead atoms. The molecule has 0 amide bonds. The highest BCUT2D eigenvalue weighted by Crippen LogP contribution is 1.99. The summed E-state index contributed by atoms with van der Waals surface area (Å²) in [7, 11) is 0. The van der Waals surface area contributed by atoms with Gasteiger partial charge in [0, 0.05) is 24.3 Å². The van der Waals surface area contributed by atoms with E-state index >= 15 is 0 Å². The summed E-state index contributed by atoms with van der Waals surface area (Å²) < 4.78 is 3.53. The molecule has 2 aromatic heterocycles. The lowest BCUT2D eigenvalue weighted by molar-refractivity contribution is -0.678. The van der Waals surface area contributed by atoms with E-state index in [1.54, 1.807) is 9.35 Å². The van der Waals surface area contributed by atoms with Gasteiger partial charge in [0.25, 0.3) is 0 Å². The zero-order valence-electron chi connectivity index (χ0n) is 12.0. The van der Waals surface area contributed by atoms with E-state index in [0.717, 1.165) is 11.1 Å². The van der Waals surface area contributed by atoms with E-state index in [1.165, 1.54) is 0 Å². The van der Waals surface area contributed by atoms with Gasteiger partial charge in [-0.25, -0.2) is 0 Å². The minimum Gasteiger partial charge on any atom is -0.0596 e. The van der Waals surface area contributed by atoms with Crippen LogP contribution in [0.2, 0.25) is 0 Å². The number of benzene rings is 1. The van der Waals surface area contributed by atoms with Gasteiger partial charge in [-0.2, -0.15) is 0 Å². The number of aromatic nitrogens is 2. The highest BCUT2D eigenvalue weighted by atomic mass is 15.3. The summed E-state index contributed by atoms with van der Waals surface area (Å²) in [6, 6.07) is 19.8. The van der Waals surface area contributed by atoms with Crippen molar-refractivity contribution in [1.82, 2.24) is 0 Å². The van der Waals surface area contributed by atoms with Gasteiger partial charge in [0.1, 0.15) is 12.4 Å². The van der Waals surface area contributed by atoms with E-state index < -0.39 is 0 Å². The van der Waals surface area contributed by atoms with E-state index in [4.69, 9.17) is 0 Å². The van der Waals surface area contributed by atoms with Gasteiger partial charge in [-0.1, -0.05) is 45.8 Å². The first-order chi connectivity index (χ1) is 10.9. The van der Waals surface area contributed by atoms with Crippen LogP contribution in [-0.2, 0) is 0 Å². The number of hydrogen-bond donors (Lipinski definition) is 0. The molecule has 3 rings (SSSR count). The van der Waals surface area contributed by atoms with Crippen molar-refractivity contribution < 1.29 is 9.35 Å². The molecule has 0 atom stereocenters. The van der Waals surface area contributed by atoms with Crippen LogP contribution < -0.4 is 9.35 Å². The quantitative estimate of drug-likeness (QED) is 0.520. The molecule has 2 heterocycles. The average molecular weight is 288 g/mol. The fourth-order valence-corrected chi connectivity index (χ4v) is 1.87. The van der Waals surface area contributed by atoms with Crippen molar-refractivity contribution >= 4 is 12.4 Å². The lowest BCUT2D eigenvalue weighted by atomic mass is 10.2. The lowest BCUT2D eigenvalue weighted by Crippen LogP contribution is -2.25. The Morgan fingerprint density at radius 3 is 1.27 bits per heavy atom. The summed E-state index contributed by atoms with van der Waals surface area (Å²) in [4.78, 5) is 0. The maximum atomic E-state index is 4.35. The molecule has 1 aromatic carbocycles. The fraction of sp³-hybridized carbons (Fsp3) is 0. The van der Waals surface area contributed by atoms with E-state index in [9.17, 15) is 0 Å². The van der Waals surface area contributed by atoms with Crippen LogP contribution in [0.15, 0.2) is 95.7 Å². The summed E-state index contributed by atoms with van der Waals surface area (Å²) in [6.07, 6.45) is 11.2. The van der Waals surface area contributed by atoms with Gasteiger partial charge in [-0.3, -0.25) is 0 Å². The summed E-state index contributed by atoms with van der Waals surface area (Å²) >= 11 is 0. The Balaban J connectivity index is 1.68. The maximum Gasteiger partial charge on any atom is 0.202 e. The van der Waals surface area contributed by atoms with E-state index in [0.29, 0.717) is 0 Å². The van der Waals surface area contributed by atoms with Crippen LogP contribution in [0.25, 0.3) is 0 Å². The van der Waals surface area contributed by atoms with Crippen LogP contribution >= 0.6 is 0 Å². The van der Waals surface area contributed by atoms with Crippen LogP contribution in [0.5, 0.6) is 0 Å². The highest BCUT2D eigenvalue weighted by Gasteiger charge is 1.96. The Morgan fingerprint density at radius 1 is 0.545 bits per heavy atom. The summed E-state index contributed by atoms with van der Waals surface area (Å²) in [6.45, 7) is 0. The Labute approximate surface area is 129 Å². The molecule has 0 unspecified atom stereocenters. The summed E-state index contributed by atoms with van der Waals surface area (Å²) in [5, 5.41) is 8.71. The minimum absolute atomic E-state index is 1.04. The molecule has 0 aliphatic heterocycles. The Morgan fingerprint density at radius 2 is 0.909 bits per heavy atom. The molecule has 0 radical (unpaired) electrons. The van der Waals surface area contributed by atoms with Crippen LogP contribution in [-0.4, -0.2) is 12.4 Å². The second-order valence-electron chi connectivity index (χ2n) is 4.67. The predicted molar refractivity (Wildman–Crippen MR) is 85.7 cm³/mol. The molecule has 3 aromatic rings. The zero-order chi connectivity index (χ0) is 15.0. The largest absolute Gasteiger partial charge is 0.202 e. The molecule has 0 fully saturated rings. The van der Waals surface area contributed by atoms with E-state index in [1.807, 2.05) is 97.9 Å². The fourth-order valence-electron chi connectivity index (χ4n) is 1.87. The molecule has 4 nitrogen and oxygen atoms in total. The minimum atomic E-state index is 1.04. The monoisotopic (exact) mass is 288 g/mol. The molecule has 0 N–H and O–H groups in total. The van der Waals surface area contributed by atoms with Crippen LogP contribution in [0.4, 0.5) is 0 Å². The first-order valence-corrected chi connectivity index (χ1v) is 7.01. The average Bonchev–Trinajstić information content (AvgIpc) is 2.61. The molecular formula is C18H16N4+2. The number of pyridine rings is 2. The Bertz CT molecular complexity index is 695. The summed E-state index contributed by atoms with van der Waals surface area (Å²) in [5.41, 5.74) is 2.08. The predicted octanol–water partition coefficient (Wildman–Crippen LogP) is 2.03. The van der Waals surface area contributed by atoms with Crippen molar-refractivity contribution in [3.8, 4) is 0 Å². The van der Waals surface area contributed by atoms with Gasteiger partial charge >= 0.3 is 0 Å². The first-order valence-electron chi connectivity index (χ1n) is 7.01. The van der Waals surface area contributed by atoms with Gasteiger partial charge < -0.3 is 0 Å². The summed E-state index contributed by atoms with van der Waals surface area (Å²) in [5.74, 6) is 0. The maximum absolute atomic E-state index is 4.35. The second kappa shape index (κ2) is 7.04. The topological polar surface area (TPSA) is 32.5 Å². The van der Waals surface area contributed by atoms with Crippen molar-refractivity contribution in [3.05, 3.63) is 96.6 Å².